The number of hydrogen-bond donors (Lipinski definition) is 2. The quantitative estimate of drug-likeness (QED) is 0.287. The number of nitrogens with zero attached hydrogens (tertiary/aromatic N) is 1. The molecule has 0 aromatic heterocycles. The molecule has 0 aliphatic heterocycles. The van der Waals surface area contributed by atoms with Crippen molar-refractivity contribution in [2.45, 2.75) is 119 Å². The first-order valence-electron chi connectivity index (χ1n) is 15.0. The Balaban J connectivity index is 0.000000716. The minimum absolute atomic E-state index is 0.00299. The predicted molar refractivity (Wildman–Crippen MR) is 169 cm³/mol. The van der Waals surface area contributed by atoms with E-state index < -0.39 is 17.6 Å². The molecule has 2 unspecified atom stereocenters. The molecule has 6 nitrogen and oxygen atoms in total. The Hall–Kier alpha value is -2.86. The minimum atomic E-state index is -1.02. The zero-order valence-corrected chi connectivity index (χ0v) is 27.6. The number of aryl methyl sites for hydroxylation is 2. The van der Waals surface area contributed by atoms with E-state index in [4.69, 9.17) is 4.74 Å². The van der Waals surface area contributed by atoms with Crippen LogP contribution < -0.4 is 4.74 Å². The van der Waals surface area contributed by atoms with E-state index in [0.29, 0.717) is 12.2 Å². The highest BCUT2D eigenvalue weighted by Gasteiger charge is 2.34. The third kappa shape index (κ3) is 8.57. The van der Waals surface area contributed by atoms with E-state index in [2.05, 4.69) is 66.7 Å². The van der Waals surface area contributed by atoms with Gasteiger partial charge in [0.05, 0.1) is 12.2 Å². The number of rotatable bonds is 11. The molecule has 0 spiro atoms. The monoisotopic (exact) mass is 569 g/mol. The van der Waals surface area contributed by atoms with Gasteiger partial charge in [-0.25, -0.2) is 4.79 Å². The second-order valence-electron chi connectivity index (χ2n) is 12.4. The van der Waals surface area contributed by atoms with Gasteiger partial charge in [0.15, 0.2) is 0 Å². The second kappa shape index (κ2) is 14.9. The third-order valence-electron chi connectivity index (χ3n) is 8.86. The average Bonchev–Trinajstić information content (AvgIpc) is 2.89. The fraction of sp³-hybridized carbons (Fsp3) is 0.600. The Morgan fingerprint density at radius 1 is 0.902 bits per heavy atom. The normalized spacial score (nSPS) is 13.9. The van der Waals surface area contributed by atoms with Crippen LogP contribution in [0.4, 0.5) is 0 Å². The van der Waals surface area contributed by atoms with Gasteiger partial charge in [0.1, 0.15) is 11.8 Å². The van der Waals surface area contributed by atoms with E-state index in [1.165, 1.54) is 24.4 Å². The van der Waals surface area contributed by atoms with Crippen LogP contribution in [0.1, 0.15) is 121 Å². The maximum atomic E-state index is 12.9. The summed E-state index contributed by atoms with van der Waals surface area (Å²) in [6, 6.07) is 11.4. The second-order valence-corrected chi connectivity index (χ2v) is 12.4. The summed E-state index contributed by atoms with van der Waals surface area (Å²) in [6.45, 7) is 22.7. The molecule has 0 bridgehead atoms. The number of hydrogen-bond acceptors (Lipinski definition) is 4. The zero-order valence-electron chi connectivity index (χ0n) is 27.6. The number of amides is 1. The Morgan fingerprint density at radius 2 is 1.41 bits per heavy atom. The number of benzene rings is 2. The molecular formula is C35H55NO5. The van der Waals surface area contributed by atoms with Gasteiger partial charge in [-0.1, -0.05) is 72.2 Å². The number of ether oxygens (including phenoxy) is 1. The Kier molecular flexibility index (Phi) is 13.1. The van der Waals surface area contributed by atoms with E-state index in [-0.39, 0.29) is 16.7 Å². The van der Waals surface area contributed by atoms with Crippen LogP contribution in [0.25, 0.3) is 0 Å². The van der Waals surface area contributed by atoms with Crippen molar-refractivity contribution in [1.82, 2.24) is 4.90 Å². The zero-order chi connectivity index (χ0) is 31.8. The predicted octanol–water partition coefficient (Wildman–Crippen LogP) is 7.94. The smallest absolute Gasteiger partial charge is 0.326 e. The molecule has 0 saturated carbocycles. The lowest BCUT2D eigenvalue weighted by molar-refractivity contribution is -0.141. The molecule has 0 fully saturated rings. The van der Waals surface area contributed by atoms with Crippen molar-refractivity contribution in [3.05, 3.63) is 64.2 Å². The molecule has 2 rings (SSSR count). The average molecular weight is 570 g/mol. The summed E-state index contributed by atoms with van der Waals surface area (Å²) in [5.74, 6) is -0.401. The highest BCUT2D eigenvalue weighted by Crippen LogP contribution is 2.41. The van der Waals surface area contributed by atoms with E-state index in [0.717, 1.165) is 48.1 Å². The Morgan fingerprint density at radius 3 is 1.78 bits per heavy atom. The lowest BCUT2D eigenvalue weighted by atomic mass is 9.70. The van der Waals surface area contributed by atoms with Crippen molar-refractivity contribution in [2.75, 3.05) is 13.7 Å². The van der Waals surface area contributed by atoms with Crippen LogP contribution in [0.2, 0.25) is 0 Å². The lowest BCUT2D eigenvalue weighted by Gasteiger charge is -2.37. The largest absolute Gasteiger partial charge is 0.494 e. The number of aliphatic carboxylic acids is 1. The lowest BCUT2D eigenvalue weighted by Crippen LogP contribution is -2.40. The summed E-state index contributed by atoms with van der Waals surface area (Å²) < 4.78 is 5.71. The van der Waals surface area contributed by atoms with Gasteiger partial charge >= 0.3 is 5.97 Å². The van der Waals surface area contributed by atoms with Crippen molar-refractivity contribution in [1.29, 1.82) is 0 Å². The fourth-order valence-corrected chi connectivity index (χ4v) is 5.09. The summed E-state index contributed by atoms with van der Waals surface area (Å²) in [5.41, 5.74) is 4.19. The number of aliphatic hydroxyl groups is 1. The van der Waals surface area contributed by atoms with Crippen LogP contribution in [0, 0.1) is 19.3 Å². The minimum Gasteiger partial charge on any atom is -0.494 e. The molecule has 2 N–H and O–H groups in total. The maximum Gasteiger partial charge on any atom is 0.326 e. The number of likely N-dealkylation sites (N-methyl/N-ethyl adjacent to an activating group) is 1. The highest BCUT2D eigenvalue weighted by atomic mass is 16.5. The first-order valence-corrected chi connectivity index (χ1v) is 15.0. The van der Waals surface area contributed by atoms with Crippen LogP contribution in [0.15, 0.2) is 36.4 Å². The SMILES string of the molecule is CCCC(C)(O)C(C)(C)C.CCOc1ccc(C(CC)(CC)c2ccc(C(=O)N(C)C(C)C(=O)O)c(C)c2)cc1C. The van der Waals surface area contributed by atoms with Crippen molar-refractivity contribution < 1.29 is 24.5 Å². The highest BCUT2D eigenvalue weighted by molar-refractivity contribution is 5.97. The van der Waals surface area contributed by atoms with Crippen LogP contribution >= 0.6 is 0 Å². The fourth-order valence-electron chi connectivity index (χ4n) is 5.09. The molecule has 230 valence electrons. The van der Waals surface area contributed by atoms with E-state index >= 15 is 0 Å². The molecule has 2 aromatic rings. The van der Waals surface area contributed by atoms with Gasteiger partial charge in [-0.05, 0) is 93.7 Å². The molecule has 0 aliphatic carbocycles. The number of carboxylic acid groups (broad SMARTS) is 1. The first kappa shape index (κ1) is 36.2. The number of carbonyl (C=O) groups is 2. The van der Waals surface area contributed by atoms with Gasteiger partial charge in [-0.2, -0.15) is 0 Å². The molecule has 0 aliphatic rings. The van der Waals surface area contributed by atoms with Gasteiger partial charge in [0.25, 0.3) is 5.91 Å². The van der Waals surface area contributed by atoms with Crippen LogP contribution in [-0.4, -0.2) is 52.3 Å². The Bertz CT molecular complexity index is 1160. The summed E-state index contributed by atoms with van der Waals surface area (Å²) in [7, 11) is 1.53. The number of carbonyl (C=O) groups excluding carboxylic acids is 1. The number of carboxylic acids is 1. The summed E-state index contributed by atoms with van der Waals surface area (Å²) in [4.78, 5) is 25.4. The maximum absolute atomic E-state index is 12.9. The molecule has 2 atom stereocenters. The topological polar surface area (TPSA) is 87.1 Å². The summed E-state index contributed by atoms with van der Waals surface area (Å²) >= 11 is 0. The van der Waals surface area contributed by atoms with Crippen molar-refractivity contribution in [2.24, 2.45) is 5.41 Å². The van der Waals surface area contributed by atoms with Gasteiger partial charge in [0, 0.05) is 18.0 Å². The van der Waals surface area contributed by atoms with Crippen molar-refractivity contribution in [3.8, 4) is 5.75 Å². The Labute approximate surface area is 249 Å². The van der Waals surface area contributed by atoms with Gasteiger partial charge < -0.3 is 19.8 Å². The molecule has 0 saturated heterocycles. The van der Waals surface area contributed by atoms with Crippen LogP contribution in [-0.2, 0) is 10.2 Å². The summed E-state index contributed by atoms with van der Waals surface area (Å²) in [5, 5.41) is 19.1. The molecular weight excluding hydrogens is 514 g/mol. The van der Waals surface area contributed by atoms with Crippen LogP contribution in [0.5, 0.6) is 5.75 Å². The van der Waals surface area contributed by atoms with Crippen LogP contribution in [0.3, 0.4) is 0 Å². The van der Waals surface area contributed by atoms with Gasteiger partial charge in [0.2, 0.25) is 0 Å². The molecule has 41 heavy (non-hydrogen) atoms. The molecule has 6 heteroatoms. The molecule has 0 heterocycles. The standard InChI is InChI=1S/C26H35NO4.C9H20O/c1-8-26(9-2,21-12-14-23(31-10-3)18(5)16-21)20-11-13-22(17(4)15-20)24(28)27(7)19(6)25(29)30;1-6-7-9(5,10)8(2,3)4/h11-16,19H,8-10H2,1-7H3,(H,29,30);10H,6-7H2,1-5H3. The first-order chi connectivity index (χ1) is 18.9. The van der Waals surface area contributed by atoms with E-state index in [1.807, 2.05) is 39.0 Å². The third-order valence-corrected chi connectivity index (χ3v) is 8.86. The molecule has 2 aromatic carbocycles. The van der Waals surface area contributed by atoms with Crippen molar-refractivity contribution >= 4 is 11.9 Å². The van der Waals surface area contributed by atoms with E-state index in [1.54, 1.807) is 0 Å². The van der Waals surface area contributed by atoms with E-state index in [9.17, 15) is 19.8 Å². The summed E-state index contributed by atoms with van der Waals surface area (Å²) in [6.07, 6.45) is 3.76. The van der Waals surface area contributed by atoms with Crippen molar-refractivity contribution in [3.63, 3.8) is 0 Å². The van der Waals surface area contributed by atoms with Gasteiger partial charge in [-0.15, -0.1) is 0 Å². The van der Waals surface area contributed by atoms with Gasteiger partial charge in [-0.3, -0.25) is 4.79 Å². The molecule has 1 amide bonds. The molecule has 0 radical (unpaired) electrons.